The number of nitroso groups, excluding NO2 is 1. The normalized spacial score (nSPS) is 18.9. The molecule has 0 atom stereocenters. The van der Waals surface area contributed by atoms with E-state index in [4.69, 9.17) is 0 Å². The van der Waals surface area contributed by atoms with Crippen molar-refractivity contribution < 1.29 is 0 Å². The molecule has 1 aliphatic rings. The molecule has 0 saturated carbocycles. The van der Waals surface area contributed by atoms with Crippen molar-refractivity contribution in [2.24, 2.45) is 5.18 Å². The largest absolute Gasteiger partial charge is 0.281 e. The molecule has 0 unspecified atom stereocenters. The summed E-state index contributed by atoms with van der Waals surface area (Å²) in [6, 6.07) is 10.6. The molecule has 3 nitrogen and oxygen atoms in total. The summed E-state index contributed by atoms with van der Waals surface area (Å²) in [6.07, 6.45) is 2.28. The Hall–Kier alpha value is -1.22. The van der Waals surface area contributed by atoms with Crippen molar-refractivity contribution in [2.75, 3.05) is 19.8 Å². The molecule has 1 fully saturated rings. The van der Waals surface area contributed by atoms with E-state index in [2.05, 4.69) is 40.4 Å². The van der Waals surface area contributed by atoms with Crippen molar-refractivity contribution in [3.8, 4) is 0 Å². The molecule has 3 heteroatoms. The molecule has 0 aromatic heterocycles. The van der Waals surface area contributed by atoms with Crippen LogP contribution in [0.1, 0.15) is 24.3 Å². The highest BCUT2D eigenvalue weighted by Gasteiger charge is 2.19. The van der Waals surface area contributed by atoms with Gasteiger partial charge in [-0.15, -0.1) is 4.91 Å². The minimum absolute atomic E-state index is 0.349. The zero-order valence-electron chi connectivity index (χ0n) is 8.80. The lowest BCUT2D eigenvalue weighted by atomic mass is 9.90. The van der Waals surface area contributed by atoms with Crippen LogP contribution < -0.4 is 0 Å². The predicted molar refractivity (Wildman–Crippen MR) is 60.7 cm³/mol. The van der Waals surface area contributed by atoms with Gasteiger partial charge in [0.05, 0.1) is 0 Å². The fourth-order valence-electron chi connectivity index (χ4n) is 2.21. The lowest BCUT2D eigenvalue weighted by Crippen LogP contribution is -2.32. The van der Waals surface area contributed by atoms with Crippen molar-refractivity contribution in [3.63, 3.8) is 0 Å². The number of hydrogen-bond donors (Lipinski definition) is 0. The smallest absolute Gasteiger partial charge is 0.134 e. The second-order valence-corrected chi connectivity index (χ2v) is 4.07. The summed E-state index contributed by atoms with van der Waals surface area (Å²) in [5.41, 5.74) is 1.43. The standard InChI is InChI=1S/C12H16N2O/c15-13-10-14-8-6-12(7-9-14)11-4-2-1-3-5-11/h1-5,12H,6-10H2. The van der Waals surface area contributed by atoms with E-state index >= 15 is 0 Å². The fraction of sp³-hybridized carbons (Fsp3) is 0.500. The number of piperidine rings is 1. The van der Waals surface area contributed by atoms with Gasteiger partial charge in [0.25, 0.3) is 0 Å². The quantitative estimate of drug-likeness (QED) is 0.709. The lowest BCUT2D eigenvalue weighted by molar-refractivity contribution is 0.218. The molecule has 0 aliphatic carbocycles. The number of likely N-dealkylation sites (tertiary alicyclic amines) is 1. The molecule has 1 heterocycles. The number of nitrogens with zero attached hydrogens (tertiary/aromatic N) is 2. The summed E-state index contributed by atoms with van der Waals surface area (Å²) in [4.78, 5) is 12.3. The zero-order valence-corrected chi connectivity index (χ0v) is 8.80. The van der Waals surface area contributed by atoms with Gasteiger partial charge in [-0.05, 0) is 24.3 Å². The summed E-state index contributed by atoms with van der Waals surface area (Å²) >= 11 is 0. The average molecular weight is 204 g/mol. The summed E-state index contributed by atoms with van der Waals surface area (Å²) in [5, 5.41) is 2.93. The molecule has 1 aromatic carbocycles. The first-order valence-electron chi connectivity index (χ1n) is 5.46. The minimum atomic E-state index is 0.349. The lowest BCUT2D eigenvalue weighted by Gasteiger charge is -2.30. The SMILES string of the molecule is O=NCN1CCC(c2ccccc2)CC1. The second-order valence-electron chi connectivity index (χ2n) is 4.07. The van der Waals surface area contributed by atoms with Crippen LogP contribution in [0.2, 0.25) is 0 Å². The van der Waals surface area contributed by atoms with Gasteiger partial charge in [0, 0.05) is 13.1 Å². The molecule has 0 amide bonds. The van der Waals surface area contributed by atoms with Crippen molar-refractivity contribution in [1.82, 2.24) is 4.90 Å². The first-order chi connectivity index (χ1) is 7.40. The molecule has 0 N–H and O–H groups in total. The topological polar surface area (TPSA) is 32.7 Å². The van der Waals surface area contributed by atoms with Gasteiger partial charge in [-0.25, -0.2) is 0 Å². The third-order valence-corrected chi connectivity index (χ3v) is 3.12. The van der Waals surface area contributed by atoms with Crippen LogP contribution in [0.25, 0.3) is 0 Å². The van der Waals surface area contributed by atoms with Crippen LogP contribution in [-0.4, -0.2) is 24.7 Å². The maximum absolute atomic E-state index is 10.1. The van der Waals surface area contributed by atoms with E-state index in [1.807, 2.05) is 0 Å². The van der Waals surface area contributed by atoms with Crippen LogP contribution in [-0.2, 0) is 0 Å². The van der Waals surface area contributed by atoms with Crippen molar-refractivity contribution >= 4 is 0 Å². The third-order valence-electron chi connectivity index (χ3n) is 3.12. The maximum atomic E-state index is 10.1. The summed E-state index contributed by atoms with van der Waals surface area (Å²) in [5.74, 6) is 0.661. The molecular formula is C12H16N2O. The average Bonchev–Trinajstić information content (AvgIpc) is 2.32. The van der Waals surface area contributed by atoms with Gasteiger partial charge < -0.3 is 0 Å². The summed E-state index contributed by atoms with van der Waals surface area (Å²) < 4.78 is 0. The number of benzene rings is 1. The van der Waals surface area contributed by atoms with Gasteiger partial charge in [-0.2, -0.15) is 0 Å². The Balaban J connectivity index is 1.91. The van der Waals surface area contributed by atoms with E-state index in [0.29, 0.717) is 12.6 Å². The Kier molecular flexibility index (Phi) is 3.45. The van der Waals surface area contributed by atoms with Gasteiger partial charge >= 0.3 is 0 Å². The van der Waals surface area contributed by atoms with E-state index < -0.39 is 0 Å². The zero-order chi connectivity index (χ0) is 10.5. The van der Waals surface area contributed by atoms with Gasteiger partial charge in [-0.3, -0.25) is 4.90 Å². The molecule has 0 spiro atoms. The Morgan fingerprint density at radius 2 is 1.87 bits per heavy atom. The highest BCUT2D eigenvalue weighted by Crippen LogP contribution is 2.27. The van der Waals surface area contributed by atoms with Gasteiger partial charge in [0.2, 0.25) is 0 Å². The second kappa shape index (κ2) is 5.03. The Bertz CT molecular complexity index is 305. The third kappa shape index (κ3) is 2.63. The Labute approximate surface area is 90.1 Å². The Morgan fingerprint density at radius 1 is 1.20 bits per heavy atom. The maximum Gasteiger partial charge on any atom is 0.134 e. The van der Waals surface area contributed by atoms with Gasteiger partial charge in [-0.1, -0.05) is 35.5 Å². The molecular weight excluding hydrogens is 188 g/mol. The molecule has 1 saturated heterocycles. The Morgan fingerprint density at radius 3 is 2.47 bits per heavy atom. The molecule has 1 aromatic rings. The van der Waals surface area contributed by atoms with E-state index in [-0.39, 0.29) is 0 Å². The van der Waals surface area contributed by atoms with E-state index in [9.17, 15) is 4.91 Å². The van der Waals surface area contributed by atoms with Crippen molar-refractivity contribution in [2.45, 2.75) is 18.8 Å². The molecule has 80 valence electrons. The summed E-state index contributed by atoms with van der Waals surface area (Å²) in [6.45, 7) is 2.33. The number of rotatable bonds is 3. The van der Waals surface area contributed by atoms with Crippen molar-refractivity contribution in [1.29, 1.82) is 0 Å². The molecule has 1 aliphatic heterocycles. The highest BCUT2D eigenvalue weighted by atomic mass is 16.3. The molecule has 0 radical (unpaired) electrons. The van der Waals surface area contributed by atoms with Crippen LogP contribution in [0.4, 0.5) is 0 Å². The highest BCUT2D eigenvalue weighted by molar-refractivity contribution is 5.19. The molecule has 2 rings (SSSR count). The van der Waals surface area contributed by atoms with E-state index in [1.54, 1.807) is 0 Å². The fourth-order valence-corrected chi connectivity index (χ4v) is 2.21. The van der Waals surface area contributed by atoms with E-state index in [1.165, 1.54) is 5.56 Å². The molecule has 15 heavy (non-hydrogen) atoms. The van der Waals surface area contributed by atoms with Crippen molar-refractivity contribution in [3.05, 3.63) is 40.8 Å². The van der Waals surface area contributed by atoms with Crippen LogP contribution >= 0.6 is 0 Å². The van der Waals surface area contributed by atoms with Crippen LogP contribution in [0, 0.1) is 4.91 Å². The number of hydrogen-bond acceptors (Lipinski definition) is 3. The minimum Gasteiger partial charge on any atom is -0.281 e. The van der Waals surface area contributed by atoms with Crippen LogP contribution in [0.3, 0.4) is 0 Å². The monoisotopic (exact) mass is 204 g/mol. The van der Waals surface area contributed by atoms with Crippen LogP contribution in [0.5, 0.6) is 0 Å². The van der Waals surface area contributed by atoms with Gasteiger partial charge in [0.15, 0.2) is 0 Å². The summed E-state index contributed by atoms with van der Waals surface area (Å²) in [7, 11) is 0. The van der Waals surface area contributed by atoms with E-state index in [0.717, 1.165) is 25.9 Å². The van der Waals surface area contributed by atoms with Gasteiger partial charge in [0.1, 0.15) is 6.67 Å². The first-order valence-corrected chi connectivity index (χ1v) is 5.46. The first kappa shape index (κ1) is 10.3. The van der Waals surface area contributed by atoms with Crippen LogP contribution in [0.15, 0.2) is 35.5 Å². The molecule has 0 bridgehead atoms. The predicted octanol–water partition coefficient (Wildman–Crippen LogP) is 2.59.